The Balaban J connectivity index is 2.08. The zero-order chi connectivity index (χ0) is 16.4. The normalized spacial score (nSPS) is 15.4. The quantitative estimate of drug-likeness (QED) is 0.904. The standard InChI is InChI=1S/C18H19N3OS/c1-12(19)13-6-4-5-9-16(13)21-11-23-10-17(21)14-7-2-3-8-15(14)18(20)22/h2-10,12H,11,19H2,1H3,(H2,20,22). The summed E-state index contributed by atoms with van der Waals surface area (Å²) in [7, 11) is 0. The summed E-state index contributed by atoms with van der Waals surface area (Å²) in [5, 5.41) is 2.07. The monoisotopic (exact) mass is 325 g/mol. The van der Waals surface area contributed by atoms with Gasteiger partial charge in [0.25, 0.3) is 0 Å². The third-order valence-electron chi connectivity index (χ3n) is 3.88. The Kier molecular flexibility index (Phi) is 4.41. The molecule has 4 nitrogen and oxygen atoms in total. The van der Waals surface area contributed by atoms with Gasteiger partial charge in [0.15, 0.2) is 0 Å². The molecule has 0 saturated heterocycles. The van der Waals surface area contributed by atoms with Crippen LogP contribution in [0.25, 0.3) is 5.70 Å². The van der Waals surface area contributed by atoms with Gasteiger partial charge in [-0.05, 0) is 30.0 Å². The molecule has 1 aliphatic heterocycles. The second kappa shape index (κ2) is 6.48. The summed E-state index contributed by atoms with van der Waals surface area (Å²) in [5.41, 5.74) is 16.2. The number of carbonyl (C=O) groups is 1. The van der Waals surface area contributed by atoms with Crippen LogP contribution in [0.4, 0.5) is 5.69 Å². The first-order valence-electron chi connectivity index (χ1n) is 7.42. The van der Waals surface area contributed by atoms with E-state index < -0.39 is 5.91 Å². The number of para-hydroxylation sites is 1. The molecule has 0 aromatic heterocycles. The fraction of sp³-hybridized carbons (Fsp3) is 0.167. The first-order chi connectivity index (χ1) is 11.1. The van der Waals surface area contributed by atoms with Crippen LogP contribution in [0, 0.1) is 0 Å². The minimum atomic E-state index is -0.418. The van der Waals surface area contributed by atoms with Crippen molar-refractivity contribution in [1.82, 2.24) is 0 Å². The molecule has 0 radical (unpaired) electrons. The predicted octanol–water partition coefficient (Wildman–Crippen LogP) is 3.31. The van der Waals surface area contributed by atoms with E-state index in [1.165, 1.54) is 0 Å². The number of rotatable bonds is 4. The van der Waals surface area contributed by atoms with Crippen LogP contribution in [-0.4, -0.2) is 11.8 Å². The molecule has 0 bridgehead atoms. The molecule has 1 aliphatic rings. The van der Waals surface area contributed by atoms with Crippen LogP contribution in [0.1, 0.15) is 34.5 Å². The molecular weight excluding hydrogens is 306 g/mol. The van der Waals surface area contributed by atoms with Crippen molar-refractivity contribution < 1.29 is 4.79 Å². The summed E-state index contributed by atoms with van der Waals surface area (Å²) in [5.74, 6) is 0.366. The third kappa shape index (κ3) is 2.98. The molecular formula is C18H19N3OS. The average Bonchev–Trinajstić information content (AvgIpc) is 3.04. The van der Waals surface area contributed by atoms with Gasteiger partial charge in [0.1, 0.15) is 0 Å². The van der Waals surface area contributed by atoms with Crippen LogP contribution < -0.4 is 16.4 Å². The van der Waals surface area contributed by atoms with Crippen molar-refractivity contribution in [3.05, 3.63) is 70.6 Å². The Bertz CT molecular complexity index is 770. The van der Waals surface area contributed by atoms with Crippen molar-refractivity contribution in [3.8, 4) is 0 Å². The second-order valence-corrected chi connectivity index (χ2v) is 6.31. The van der Waals surface area contributed by atoms with Crippen LogP contribution >= 0.6 is 11.8 Å². The van der Waals surface area contributed by atoms with E-state index in [4.69, 9.17) is 11.5 Å². The summed E-state index contributed by atoms with van der Waals surface area (Å²) < 4.78 is 0. The van der Waals surface area contributed by atoms with Gasteiger partial charge in [-0.1, -0.05) is 36.4 Å². The van der Waals surface area contributed by atoms with Crippen molar-refractivity contribution in [2.45, 2.75) is 13.0 Å². The van der Waals surface area contributed by atoms with E-state index in [1.807, 2.05) is 43.3 Å². The molecule has 1 heterocycles. The molecule has 0 saturated carbocycles. The number of carbonyl (C=O) groups excluding carboxylic acids is 1. The van der Waals surface area contributed by atoms with Crippen LogP contribution in [0.15, 0.2) is 53.9 Å². The van der Waals surface area contributed by atoms with E-state index in [1.54, 1.807) is 17.8 Å². The zero-order valence-electron chi connectivity index (χ0n) is 12.9. The number of nitrogens with zero attached hydrogens (tertiary/aromatic N) is 1. The molecule has 3 rings (SSSR count). The smallest absolute Gasteiger partial charge is 0.249 e. The van der Waals surface area contributed by atoms with Crippen LogP contribution in [0.3, 0.4) is 0 Å². The molecule has 2 aromatic rings. The molecule has 4 N–H and O–H groups in total. The van der Waals surface area contributed by atoms with E-state index in [0.717, 1.165) is 28.4 Å². The number of hydrogen-bond acceptors (Lipinski definition) is 4. The second-order valence-electron chi connectivity index (χ2n) is 5.48. The molecule has 0 aliphatic carbocycles. The molecule has 118 valence electrons. The Morgan fingerprint density at radius 2 is 1.87 bits per heavy atom. The Labute approximate surface area is 140 Å². The molecule has 1 unspecified atom stereocenters. The summed E-state index contributed by atoms with van der Waals surface area (Å²) in [6.45, 7) is 1.97. The van der Waals surface area contributed by atoms with Crippen LogP contribution in [0.2, 0.25) is 0 Å². The lowest BCUT2D eigenvalue weighted by molar-refractivity contribution is 0.1000. The third-order valence-corrected chi connectivity index (χ3v) is 4.67. The maximum Gasteiger partial charge on any atom is 0.249 e. The lowest BCUT2D eigenvalue weighted by Gasteiger charge is -2.26. The molecule has 0 spiro atoms. The van der Waals surface area contributed by atoms with E-state index in [9.17, 15) is 4.79 Å². The fourth-order valence-corrected chi connectivity index (χ4v) is 3.69. The minimum absolute atomic E-state index is 0.0653. The average molecular weight is 325 g/mol. The Hall–Kier alpha value is -2.24. The molecule has 1 amide bonds. The highest BCUT2D eigenvalue weighted by Gasteiger charge is 2.24. The maximum absolute atomic E-state index is 11.7. The first kappa shape index (κ1) is 15.6. The largest absolute Gasteiger partial charge is 0.366 e. The number of benzene rings is 2. The van der Waals surface area contributed by atoms with Crippen molar-refractivity contribution >= 4 is 29.1 Å². The highest BCUT2D eigenvalue weighted by atomic mass is 32.2. The highest BCUT2D eigenvalue weighted by molar-refractivity contribution is 8.02. The van der Waals surface area contributed by atoms with Gasteiger partial charge in [0.05, 0.1) is 11.6 Å². The van der Waals surface area contributed by atoms with Gasteiger partial charge in [0.2, 0.25) is 5.91 Å². The number of primary amides is 1. The molecule has 5 heteroatoms. The van der Waals surface area contributed by atoms with E-state index in [-0.39, 0.29) is 6.04 Å². The van der Waals surface area contributed by atoms with Crippen LogP contribution in [0.5, 0.6) is 0 Å². The van der Waals surface area contributed by atoms with Crippen molar-refractivity contribution in [2.75, 3.05) is 10.8 Å². The Morgan fingerprint density at radius 1 is 1.17 bits per heavy atom. The van der Waals surface area contributed by atoms with Gasteiger partial charge in [-0.15, -0.1) is 11.8 Å². The number of amides is 1. The summed E-state index contributed by atoms with van der Waals surface area (Å²) in [4.78, 5) is 13.9. The van der Waals surface area contributed by atoms with Gasteiger partial charge in [-0.25, -0.2) is 0 Å². The van der Waals surface area contributed by atoms with Crippen molar-refractivity contribution in [1.29, 1.82) is 0 Å². The molecule has 0 fully saturated rings. The first-order valence-corrected chi connectivity index (χ1v) is 8.47. The summed E-state index contributed by atoms with van der Waals surface area (Å²) in [6.07, 6.45) is 0. The van der Waals surface area contributed by atoms with E-state index in [2.05, 4.69) is 16.4 Å². The van der Waals surface area contributed by atoms with Gasteiger partial charge >= 0.3 is 0 Å². The Morgan fingerprint density at radius 3 is 2.61 bits per heavy atom. The topological polar surface area (TPSA) is 72.3 Å². The fourth-order valence-electron chi connectivity index (χ4n) is 2.77. The van der Waals surface area contributed by atoms with Gasteiger partial charge in [0, 0.05) is 22.9 Å². The van der Waals surface area contributed by atoms with Crippen molar-refractivity contribution in [2.24, 2.45) is 11.5 Å². The number of nitrogens with two attached hydrogens (primary N) is 2. The van der Waals surface area contributed by atoms with E-state index in [0.29, 0.717) is 5.56 Å². The summed E-state index contributed by atoms with van der Waals surface area (Å²) in [6, 6.07) is 15.5. The van der Waals surface area contributed by atoms with E-state index >= 15 is 0 Å². The predicted molar refractivity (Wildman–Crippen MR) is 96.9 cm³/mol. The summed E-state index contributed by atoms with van der Waals surface area (Å²) >= 11 is 1.69. The molecule has 1 atom stereocenters. The van der Waals surface area contributed by atoms with Gasteiger partial charge in [-0.3, -0.25) is 4.79 Å². The molecule has 2 aromatic carbocycles. The lowest BCUT2D eigenvalue weighted by Crippen LogP contribution is -2.22. The number of anilines is 1. The van der Waals surface area contributed by atoms with Gasteiger partial charge in [-0.2, -0.15) is 0 Å². The SMILES string of the molecule is CC(N)c1ccccc1N1CSC=C1c1ccccc1C(N)=O. The zero-order valence-corrected chi connectivity index (χ0v) is 13.7. The van der Waals surface area contributed by atoms with Gasteiger partial charge < -0.3 is 16.4 Å². The number of thioether (sulfide) groups is 1. The maximum atomic E-state index is 11.7. The number of hydrogen-bond donors (Lipinski definition) is 2. The minimum Gasteiger partial charge on any atom is -0.366 e. The van der Waals surface area contributed by atoms with Crippen molar-refractivity contribution in [3.63, 3.8) is 0 Å². The highest BCUT2D eigenvalue weighted by Crippen LogP contribution is 2.39. The lowest BCUT2D eigenvalue weighted by atomic mass is 10.0. The van der Waals surface area contributed by atoms with Crippen LogP contribution in [-0.2, 0) is 0 Å². The molecule has 23 heavy (non-hydrogen) atoms.